The van der Waals surface area contributed by atoms with Gasteiger partial charge in [-0.1, -0.05) is 39.3 Å². The topological polar surface area (TPSA) is 29.5 Å². The van der Waals surface area contributed by atoms with E-state index in [2.05, 4.69) is 27.7 Å². The van der Waals surface area contributed by atoms with E-state index >= 15 is 0 Å². The van der Waals surface area contributed by atoms with Gasteiger partial charge in [-0.3, -0.25) is 0 Å². The molecule has 2 fully saturated rings. The van der Waals surface area contributed by atoms with Crippen molar-refractivity contribution in [3.8, 4) is 11.5 Å². The molecule has 3 heteroatoms. The molecule has 1 spiro atoms. The summed E-state index contributed by atoms with van der Waals surface area (Å²) in [6.45, 7) is 9.65. The minimum absolute atomic E-state index is 0.0675. The van der Waals surface area contributed by atoms with Gasteiger partial charge in [0.25, 0.3) is 0 Å². The molecule has 1 unspecified atom stereocenters. The molecule has 2 aliphatic carbocycles. The number of phenols is 1. The highest BCUT2D eigenvalue weighted by Gasteiger charge is 2.65. The maximum absolute atomic E-state index is 10.0. The first-order valence-electron chi connectivity index (χ1n) is 9.41. The number of halogens is 1. The Hall–Kier alpha value is -0.890. The zero-order valence-electron chi connectivity index (χ0n) is 15.3. The van der Waals surface area contributed by atoms with E-state index in [0.717, 1.165) is 24.2 Å². The Kier molecular flexibility index (Phi) is 3.50. The van der Waals surface area contributed by atoms with Gasteiger partial charge in [0, 0.05) is 16.9 Å². The molecule has 1 aromatic carbocycles. The second kappa shape index (κ2) is 5.06. The van der Waals surface area contributed by atoms with Gasteiger partial charge in [0.15, 0.2) is 0 Å². The van der Waals surface area contributed by atoms with E-state index in [9.17, 15) is 5.11 Å². The molecular formula is C21H29ClO2. The van der Waals surface area contributed by atoms with E-state index in [4.69, 9.17) is 16.3 Å². The van der Waals surface area contributed by atoms with Crippen molar-refractivity contribution in [2.75, 3.05) is 0 Å². The van der Waals surface area contributed by atoms with E-state index in [1.54, 1.807) is 6.07 Å². The molecule has 0 amide bonds. The molecule has 1 heterocycles. The molecule has 4 atom stereocenters. The first kappa shape index (κ1) is 16.6. The lowest BCUT2D eigenvalue weighted by Gasteiger charge is -2.66. The van der Waals surface area contributed by atoms with Crippen molar-refractivity contribution in [1.29, 1.82) is 0 Å². The first-order chi connectivity index (χ1) is 11.2. The number of rotatable bonds is 0. The van der Waals surface area contributed by atoms with Crippen LogP contribution in [0.25, 0.3) is 0 Å². The zero-order valence-corrected chi connectivity index (χ0v) is 16.0. The first-order valence-corrected chi connectivity index (χ1v) is 9.78. The maximum Gasteiger partial charge on any atom is 0.134 e. The average Bonchev–Trinajstić information content (AvgIpc) is 2.51. The van der Waals surface area contributed by atoms with Crippen LogP contribution in [0.15, 0.2) is 12.1 Å². The molecule has 24 heavy (non-hydrogen) atoms. The highest BCUT2D eigenvalue weighted by molar-refractivity contribution is 6.33. The summed E-state index contributed by atoms with van der Waals surface area (Å²) >= 11 is 6.45. The maximum atomic E-state index is 10.0. The second-order valence-corrected chi connectivity index (χ2v) is 9.71. The molecule has 2 saturated carbocycles. The number of fused-ring (bicyclic) bond motifs is 1. The minimum atomic E-state index is -0.0975. The predicted octanol–water partition coefficient (Wildman–Crippen LogP) is 5.98. The van der Waals surface area contributed by atoms with Crippen molar-refractivity contribution in [3.63, 3.8) is 0 Å². The van der Waals surface area contributed by atoms with Crippen molar-refractivity contribution in [1.82, 2.24) is 0 Å². The zero-order chi connectivity index (χ0) is 17.3. The Morgan fingerprint density at radius 2 is 1.92 bits per heavy atom. The molecular weight excluding hydrogens is 320 g/mol. The van der Waals surface area contributed by atoms with Crippen molar-refractivity contribution in [2.45, 2.75) is 71.8 Å². The molecule has 3 aliphatic rings. The van der Waals surface area contributed by atoms with Gasteiger partial charge >= 0.3 is 0 Å². The van der Waals surface area contributed by atoms with Crippen LogP contribution in [0.3, 0.4) is 0 Å². The van der Waals surface area contributed by atoms with E-state index in [1.807, 2.05) is 6.07 Å². The van der Waals surface area contributed by atoms with Crippen LogP contribution in [-0.2, 0) is 6.42 Å². The summed E-state index contributed by atoms with van der Waals surface area (Å²) in [5.41, 5.74) is 1.29. The predicted molar refractivity (Wildman–Crippen MR) is 97.8 cm³/mol. The third-order valence-electron chi connectivity index (χ3n) is 7.83. The summed E-state index contributed by atoms with van der Waals surface area (Å²) in [5.74, 6) is 2.24. The second-order valence-electron chi connectivity index (χ2n) is 9.33. The molecule has 1 aliphatic heterocycles. The third kappa shape index (κ3) is 1.95. The molecule has 2 nitrogen and oxygen atoms in total. The number of aromatic hydroxyl groups is 1. The molecule has 4 rings (SSSR count). The molecule has 0 saturated heterocycles. The fraction of sp³-hybridized carbons (Fsp3) is 0.714. The molecule has 132 valence electrons. The number of hydrogen-bond donors (Lipinski definition) is 1. The van der Waals surface area contributed by atoms with Gasteiger partial charge in [0.05, 0.1) is 5.02 Å². The smallest absolute Gasteiger partial charge is 0.134 e. The molecule has 1 aromatic rings. The van der Waals surface area contributed by atoms with Crippen LogP contribution in [-0.4, -0.2) is 10.7 Å². The number of phenolic OH excluding ortho intramolecular Hbond substituents is 1. The van der Waals surface area contributed by atoms with Gasteiger partial charge in [0.1, 0.15) is 17.1 Å². The molecule has 0 radical (unpaired) electrons. The summed E-state index contributed by atoms with van der Waals surface area (Å²) in [6.07, 6.45) is 7.07. The number of ether oxygens (including phenoxy) is 1. The largest absolute Gasteiger partial charge is 0.506 e. The van der Waals surface area contributed by atoms with Crippen LogP contribution in [0.2, 0.25) is 5.02 Å². The van der Waals surface area contributed by atoms with Gasteiger partial charge in [-0.05, 0) is 62.0 Å². The molecule has 0 bridgehead atoms. The van der Waals surface area contributed by atoms with Crippen molar-refractivity contribution in [2.24, 2.45) is 22.7 Å². The van der Waals surface area contributed by atoms with E-state index in [0.29, 0.717) is 22.3 Å². The van der Waals surface area contributed by atoms with Crippen molar-refractivity contribution < 1.29 is 9.84 Å². The molecule has 0 aromatic heterocycles. The summed E-state index contributed by atoms with van der Waals surface area (Å²) in [5, 5.41) is 10.5. The van der Waals surface area contributed by atoms with Crippen LogP contribution in [0, 0.1) is 22.7 Å². The van der Waals surface area contributed by atoms with Gasteiger partial charge in [-0.25, -0.2) is 0 Å². The van der Waals surface area contributed by atoms with Gasteiger partial charge in [-0.15, -0.1) is 0 Å². The van der Waals surface area contributed by atoms with Gasteiger partial charge in [0.2, 0.25) is 0 Å². The summed E-state index contributed by atoms with van der Waals surface area (Å²) in [4.78, 5) is 0. The van der Waals surface area contributed by atoms with E-state index in [-0.39, 0.29) is 16.8 Å². The fourth-order valence-electron chi connectivity index (χ4n) is 6.22. The van der Waals surface area contributed by atoms with Crippen LogP contribution in [0.5, 0.6) is 11.5 Å². The summed E-state index contributed by atoms with van der Waals surface area (Å²) in [7, 11) is 0. The Balaban J connectivity index is 1.91. The quantitative estimate of drug-likeness (QED) is 0.624. The Bertz CT molecular complexity index is 683. The average molecular weight is 349 g/mol. The van der Waals surface area contributed by atoms with E-state index in [1.165, 1.54) is 25.7 Å². The molecule has 1 N–H and O–H groups in total. The number of benzene rings is 1. The monoisotopic (exact) mass is 348 g/mol. The van der Waals surface area contributed by atoms with E-state index < -0.39 is 0 Å². The Morgan fingerprint density at radius 1 is 1.17 bits per heavy atom. The van der Waals surface area contributed by atoms with Crippen LogP contribution in [0.4, 0.5) is 0 Å². The fourth-order valence-corrected chi connectivity index (χ4v) is 6.45. The van der Waals surface area contributed by atoms with Gasteiger partial charge < -0.3 is 9.84 Å². The highest BCUT2D eigenvalue weighted by atomic mass is 35.5. The SMILES string of the molecule is C[C@H]1CCC2C(C)(C)CCC[C@]23Oc2ccc(O)c(Cl)c2C[C@]13C. The lowest BCUT2D eigenvalue weighted by molar-refractivity contribution is -0.210. The van der Waals surface area contributed by atoms with Crippen LogP contribution in [0.1, 0.15) is 65.4 Å². The van der Waals surface area contributed by atoms with Crippen LogP contribution >= 0.6 is 11.6 Å². The van der Waals surface area contributed by atoms with Crippen molar-refractivity contribution >= 4 is 11.6 Å². The lowest BCUT2D eigenvalue weighted by atomic mass is 9.44. The normalized spacial score (nSPS) is 40.0. The van der Waals surface area contributed by atoms with Crippen molar-refractivity contribution in [3.05, 3.63) is 22.7 Å². The van der Waals surface area contributed by atoms with Gasteiger partial charge in [-0.2, -0.15) is 0 Å². The standard InChI is InChI=1S/C21H29ClO2/c1-13-6-9-17-19(2,3)10-5-11-21(17)20(13,4)12-14-16(24-21)8-7-15(23)18(14)22/h7-8,13,17,23H,5-6,9-12H2,1-4H3/t13-,17?,20+,21-/m0/s1. The summed E-state index contributed by atoms with van der Waals surface area (Å²) < 4.78 is 6.88. The number of hydrogen-bond acceptors (Lipinski definition) is 2. The summed E-state index contributed by atoms with van der Waals surface area (Å²) in [6, 6.07) is 3.60. The highest BCUT2D eigenvalue weighted by Crippen LogP contribution is 2.66. The lowest BCUT2D eigenvalue weighted by Crippen LogP contribution is -2.68. The Labute approximate surface area is 150 Å². The minimum Gasteiger partial charge on any atom is -0.506 e. The third-order valence-corrected chi connectivity index (χ3v) is 8.26. The Morgan fingerprint density at radius 3 is 2.67 bits per heavy atom. The van der Waals surface area contributed by atoms with Crippen LogP contribution < -0.4 is 4.74 Å².